The second-order valence-corrected chi connectivity index (χ2v) is 3.03. The van der Waals surface area contributed by atoms with Crippen LogP contribution in [0.4, 0.5) is 4.39 Å². The largest absolute Gasteiger partial charge is 0.275 e. The summed E-state index contributed by atoms with van der Waals surface area (Å²) in [6.07, 6.45) is 0. The monoisotopic (exact) mass is 192 g/mol. The number of aromatic amines is 1. The van der Waals surface area contributed by atoms with Crippen molar-refractivity contribution >= 4 is 0 Å². The summed E-state index contributed by atoms with van der Waals surface area (Å²) in [4.78, 5) is 11.3. The van der Waals surface area contributed by atoms with Gasteiger partial charge in [-0.15, -0.1) is 0 Å². The zero-order valence-corrected chi connectivity index (χ0v) is 7.62. The Bertz CT molecular complexity index is 499. The van der Waals surface area contributed by atoms with E-state index in [1.807, 2.05) is 6.07 Å². The van der Waals surface area contributed by atoms with Crippen LogP contribution in [0.5, 0.6) is 0 Å². The van der Waals surface area contributed by atoms with E-state index in [-0.39, 0.29) is 5.56 Å². The molecule has 0 aliphatic carbocycles. The lowest BCUT2D eigenvalue weighted by atomic mass is 10.1. The zero-order valence-electron chi connectivity index (χ0n) is 7.62. The first kappa shape index (κ1) is 8.74. The fourth-order valence-electron chi connectivity index (χ4n) is 1.37. The highest BCUT2D eigenvalue weighted by molar-refractivity contribution is 5.61. The van der Waals surface area contributed by atoms with Crippen LogP contribution in [0.15, 0.2) is 35.1 Å². The second kappa shape index (κ2) is 3.14. The van der Waals surface area contributed by atoms with Crippen molar-refractivity contribution < 1.29 is 4.39 Å². The highest BCUT2D eigenvalue weighted by Gasteiger charge is 2.13. The minimum atomic E-state index is -0.541. The quantitative estimate of drug-likeness (QED) is 0.730. The van der Waals surface area contributed by atoms with Crippen molar-refractivity contribution in [2.75, 3.05) is 0 Å². The molecule has 0 aliphatic heterocycles. The number of H-pyrrole nitrogens is 1. The number of hydrogen-bond donors (Lipinski definition) is 1. The molecule has 0 saturated carbocycles. The Morgan fingerprint density at radius 1 is 1.29 bits per heavy atom. The van der Waals surface area contributed by atoms with Gasteiger partial charge in [0.25, 0.3) is 5.56 Å². The van der Waals surface area contributed by atoms with Gasteiger partial charge in [0.2, 0.25) is 5.95 Å². The van der Waals surface area contributed by atoms with Crippen molar-refractivity contribution in [2.24, 2.45) is 7.05 Å². The third-order valence-electron chi connectivity index (χ3n) is 2.06. The third-order valence-corrected chi connectivity index (χ3v) is 2.06. The van der Waals surface area contributed by atoms with Crippen LogP contribution in [0.1, 0.15) is 0 Å². The van der Waals surface area contributed by atoms with E-state index >= 15 is 0 Å². The maximum absolute atomic E-state index is 13.4. The summed E-state index contributed by atoms with van der Waals surface area (Å²) in [6, 6.07) is 8.75. The molecular weight excluding hydrogens is 183 g/mol. The number of nitrogens with one attached hydrogen (secondary N) is 1. The fraction of sp³-hybridized carbons (Fsp3) is 0.100. The summed E-state index contributed by atoms with van der Waals surface area (Å²) in [7, 11) is 1.46. The molecule has 0 radical (unpaired) electrons. The highest BCUT2D eigenvalue weighted by Crippen LogP contribution is 2.17. The first-order chi connectivity index (χ1) is 6.70. The molecule has 72 valence electrons. The van der Waals surface area contributed by atoms with E-state index in [9.17, 15) is 9.18 Å². The molecule has 0 bridgehead atoms. The van der Waals surface area contributed by atoms with Gasteiger partial charge in [0.1, 0.15) is 5.56 Å². The fourth-order valence-corrected chi connectivity index (χ4v) is 1.37. The minimum Gasteiger partial charge on any atom is -0.267 e. The average Bonchev–Trinajstić information content (AvgIpc) is 2.43. The molecule has 0 unspecified atom stereocenters. The standard InChI is InChI=1S/C10H9FN2O/c1-13-9(11)8(10(14)12-13)7-5-3-2-4-6-7/h2-6H,1H3,(H,12,14). The number of benzene rings is 1. The average molecular weight is 192 g/mol. The maximum Gasteiger partial charge on any atom is 0.275 e. The molecule has 3 nitrogen and oxygen atoms in total. The van der Waals surface area contributed by atoms with E-state index in [1.165, 1.54) is 7.05 Å². The van der Waals surface area contributed by atoms with Gasteiger partial charge in [-0.05, 0) is 5.56 Å². The van der Waals surface area contributed by atoms with Gasteiger partial charge in [0, 0.05) is 7.05 Å². The smallest absolute Gasteiger partial charge is 0.267 e. The molecular formula is C10H9FN2O. The molecule has 1 heterocycles. The van der Waals surface area contributed by atoms with Gasteiger partial charge >= 0.3 is 0 Å². The Labute approximate surface area is 79.8 Å². The second-order valence-electron chi connectivity index (χ2n) is 3.03. The predicted molar refractivity (Wildman–Crippen MR) is 51.4 cm³/mol. The van der Waals surface area contributed by atoms with E-state index in [0.29, 0.717) is 5.56 Å². The van der Waals surface area contributed by atoms with Crippen molar-refractivity contribution in [3.8, 4) is 11.1 Å². The van der Waals surface area contributed by atoms with Crippen molar-refractivity contribution in [3.05, 3.63) is 46.6 Å². The van der Waals surface area contributed by atoms with Crippen LogP contribution in [0.2, 0.25) is 0 Å². The first-order valence-corrected chi connectivity index (χ1v) is 4.20. The normalized spacial score (nSPS) is 10.4. The van der Waals surface area contributed by atoms with Crippen LogP contribution in [0.25, 0.3) is 11.1 Å². The van der Waals surface area contributed by atoms with Crippen LogP contribution < -0.4 is 5.56 Å². The Morgan fingerprint density at radius 3 is 2.43 bits per heavy atom. The van der Waals surface area contributed by atoms with Crippen LogP contribution >= 0.6 is 0 Å². The lowest BCUT2D eigenvalue weighted by molar-refractivity contribution is 0.505. The van der Waals surface area contributed by atoms with Crippen LogP contribution in [-0.2, 0) is 7.05 Å². The number of nitrogens with zero attached hydrogens (tertiary/aromatic N) is 1. The molecule has 0 aliphatic rings. The van der Waals surface area contributed by atoms with Gasteiger partial charge in [0.15, 0.2) is 0 Å². The SMILES string of the molecule is Cn1[nH]c(=O)c(-c2ccccc2)c1F. The summed E-state index contributed by atoms with van der Waals surface area (Å²) in [6.45, 7) is 0. The van der Waals surface area contributed by atoms with Gasteiger partial charge in [-0.25, -0.2) is 0 Å². The van der Waals surface area contributed by atoms with Gasteiger partial charge < -0.3 is 0 Å². The topological polar surface area (TPSA) is 37.8 Å². The number of halogens is 1. The van der Waals surface area contributed by atoms with E-state index in [4.69, 9.17) is 0 Å². The van der Waals surface area contributed by atoms with Crippen molar-refractivity contribution in [2.45, 2.75) is 0 Å². The van der Waals surface area contributed by atoms with Gasteiger partial charge in [-0.1, -0.05) is 30.3 Å². The first-order valence-electron chi connectivity index (χ1n) is 4.20. The van der Waals surface area contributed by atoms with Gasteiger partial charge in [0.05, 0.1) is 0 Å². The maximum atomic E-state index is 13.4. The predicted octanol–water partition coefficient (Wildman–Crippen LogP) is 1.52. The molecule has 0 atom stereocenters. The molecule has 1 aromatic carbocycles. The lowest BCUT2D eigenvalue weighted by Crippen LogP contribution is -2.03. The van der Waals surface area contributed by atoms with Gasteiger partial charge in [-0.2, -0.15) is 4.39 Å². The molecule has 1 N–H and O–H groups in total. The van der Waals surface area contributed by atoms with E-state index in [0.717, 1.165) is 4.68 Å². The minimum absolute atomic E-state index is 0.0908. The summed E-state index contributed by atoms with van der Waals surface area (Å²) in [5, 5.41) is 2.36. The zero-order chi connectivity index (χ0) is 10.1. The van der Waals surface area contributed by atoms with E-state index < -0.39 is 11.5 Å². The molecule has 1 aromatic heterocycles. The molecule has 0 fully saturated rings. The summed E-state index contributed by atoms with van der Waals surface area (Å²) in [5.41, 5.74) is 0.274. The van der Waals surface area contributed by atoms with Crippen LogP contribution in [0, 0.1) is 5.95 Å². The molecule has 0 saturated heterocycles. The molecule has 2 aromatic rings. The van der Waals surface area contributed by atoms with Crippen LogP contribution in [0.3, 0.4) is 0 Å². The number of aryl methyl sites for hydroxylation is 1. The van der Waals surface area contributed by atoms with Crippen molar-refractivity contribution in [1.29, 1.82) is 0 Å². The van der Waals surface area contributed by atoms with Gasteiger partial charge in [-0.3, -0.25) is 14.6 Å². The molecule has 2 rings (SSSR count). The summed E-state index contributed by atoms with van der Waals surface area (Å²) < 4.78 is 14.5. The Morgan fingerprint density at radius 2 is 1.93 bits per heavy atom. The van der Waals surface area contributed by atoms with E-state index in [2.05, 4.69) is 5.10 Å². The lowest BCUT2D eigenvalue weighted by Gasteiger charge is -1.95. The molecule has 0 amide bonds. The highest BCUT2D eigenvalue weighted by atomic mass is 19.1. The Kier molecular flexibility index (Phi) is 1.96. The summed E-state index contributed by atoms with van der Waals surface area (Å²) in [5.74, 6) is -0.541. The molecule has 0 spiro atoms. The van der Waals surface area contributed by atoms with E-state index in [1.54, 1.807) is 24.3 Å². The Hall–Kier alpha value is -1.84. The number of aromatic nitrogens is 2. The number of hydrogen-bond acceptors (Lipinski definition) is 1. The van der Waals surface area contributed by atoms with Crippen molar-refractivity contribution in [3.63, 3.8) is 0 Å². The van der Waals surface area contributed by atoms with Crippen molar-refractivity contribution in [1.82, 2.24) is 9.78 Å². The summed E-state index contributed by atoms with van der Waals surface area (Å²) >= 11 is 0. The van der Waals surface area contributed by atoms with Crippen LogP contribution in [-0.4, -0.2) is 9.78 Å². The molecule has 14 heavy (non-hydrogen) atoms. The Balaban J connectivity index is 2.69. The third kappa shape index (κ3) is 1.25. The number of rotatable bonds is 1. The molecule has 4 heteroatoms.